The fourth-order valence-corrected chi connectivity index (χ4v) is 3.26. The number of nitrogens with one attached hydrogen (secondary N) is 1. The Morgan fingerprint density at radius 1 is 1.06 bits per heavy atom. The molecule has 1 heterocycles. The molecule has 184 valence electrons. The Labute approximate surface area is 199 Å². The number of allylic oxidation sites excluding steroid dienone is 1. The summed E-state index contributed by atoms with van der Waals surface area (Å²) in [6.07, 6.45) is 0.852. The number of carboxylic acid groups (broad SMARTS) is 2. The van der Waals surface area contributed by atoms with Gasteiger partial charge in [0.05, 0.1) is 19.8 Å². The van der Waals surface area contributed by atoms with E-state index in [0.29, 0.717) is 22.6 Å². The highest BCUT2D eigenvalue weighted by Crippen LogP contribution is 2.36. The number of Topliss-reactive ketones (excluding diaryl/α,β-unsaturated/α-hetero) is 1. The van der Waals surface area contributed by atoms with Crippen LogP contribution in [-0.2, 0) is 14.4 Å². The summed E-state index contributed by atoms with van der Waals surface area (Å²) in [5.74, 6) is -2.03. The second-order valence-corrected chi connectivity index (χ2v) is 7.39. The molecule has 0 unspecified atom stereocenters. The van der Waals surface area contributed by atoms with Crippen molar-refractivity contribution in [2.45, 2.75) is 18.9 Å². The number of carbonyl (C=O) groups excluding carboxylic acids is 2. The van der Waals surface area contributed by atoms with E-state index in [2.05, 4.69) is 5.32 Å². The number of hydrogen-bond donors (Lipinski definition) is 3. The number of aliphatic carboxylic acids is 2. The van der Waals surface area contributed by atoms with E-state index < -0.39 is 36.9 Å². The molecule has 1 aliphatic rings. The quantitative estimate of drug-likeness (QED) is 0.403. The molecule has 0 saturated carbocycles. The zero-order valence-electron chi connectivity index (χ0n) is 18.9. The number of hydrogen-bond acceptors (Lipinski definition) is 8. The Balaban J connectivity index is 1.67. The minimum Gasteiger partial charge on any atom is -0.497 e. The number of carboxylic acids is 2. The number of rotatable bonds is 11. The lowest BCUT2D eigenvalue weighted by molar-refractivity contribution is -0.143. The van der Waals surface area contributed by atoms with Gasteiger partial charge in [0, 0.05) is 18.1 Å². The van der Waals surface area contributed by atoms with Gasteiger partial charge < -0.3 is 34.5 Å². The predicted molar refractivity (Wildman–Crippen MR) is 121 cm³/mol. The molecule has 0 aromatic heterocycles. The standard InChI is InChI=1S/C24H23NO10/c1-32-14-4-7-18(33-2)13(9-14)10-20-23(29)16-5-3-15(11-19(16)35-20)34-12-21(26)25-17(24(30)31)6-8-22(27)28/h3-5,7,9-11,17H,6,8,12H2,1-2H3,(H,25,26)(H,27,28)(H,30,31)/t17-/m0/s1. The van der Waals surface area contributed by atoms with Gasteiger partial charge in [-0.25, -0.2) is 4.79 Å². The van der Waals surface area contributed by atoms with Crippen molar-refractivity contribution in [3.63, 3.8) is 0 Å². The second kappa shape index (κ2) is 11.1. The molecule has 35 heavy (non-hydrogen) atoms. The Bertz CT molecular complexity index is 1190. The lowest BCUT2D eigenvalue weighted by atomic mass is 10.1. The first kappa shape index (κ1) is 25.1. The Hall–Kier alpha value is -4.54. The molecule has 2 aromatic carbocycles. The van der Waals surface area contributed by atoms with Gasteiger partial charge >= 0.3 is 11.9 Å². The van der Waals surface area contributed by atoms with Crippen molar-refractivity contribution in [3.05, 3.63) is 53.3 Å². The minimum atomic E-state index is -1.36. The van der Waals surface area contributed by atoms with Crippen LogP contribution in [0, 0.1) is 0 Å². The van der Waals surface area contributed by atoms with Crippen molar-refractivity contribution in [3.8, 4) is 23.0 Å². The van der Waals surface area contributed by atoms with Gasteiger partial charge in [-0.05, 0) is 42.8 Å². The van der Waals surface area contributed by atoms with Gasteiger partial charge in [0.15, 0.2) is 12.4 Å². The average molecular weight is 485 g/mol. The van der Waals surface area contributed by atoms with E-state index in [4.69, 9.17) is 29.2 Å². The molecule has 1 amide bonds. The third-order valence-electron chi connectivity index (χ3n) is 5.01. The maximum atomic E-state index is 12.8. The van der Waals surface area contributed by atoms with Crippen LogP contribution in [0.4, 0.5) is 0 Å². The van der Waals surface area contributed by atoms with Gasteiger partial charge in [-0.1, -0.05) is 0 Å². The van der Waals surface area contributed by atoms with Gasteiger partial charge in [-0.3, -0.25) is 14.4 Å². The van der Waals surface area contributed by atoms with E-state index in [9.17, 15) is 19.2 Å². The van der Waals surface area contributed by atoms with E-state index >= 15 is 0 Å². The predicted octanol–water partition coefficient (Wildman–Crippen LogP) is 2.13. The molecular weight excluding hydrogens is 462 g/mol. The number of benzene rings is 2. The smallest absolute Gasteiger partial charge is 0.326 e. The Morgan fingerprint density at radius 2 is 1.80 bits per heavy atom. The number of ether oxygens (including phenoxy) is 4. The van der Waals surface area contributed by atoms with Crippen molar-refractivity contribution in [2.75, 3.05) is 20.8 Å². The molecule has 2 aromatic rings. The van der Waals surface area contributed by atoms with Crippen LogP contribution in [0.3, 0.4) is 0 Å². The summed E-state index contributed by atoms with van der Waals surface area (Å²) in [4.78, 5) is 46.7. The molecular formula is C24H23NO10. The molecule has 3 rings (SSSR count). The molecule has 11 heteroatoms. The topological polar surface area (TPSA) is 158 Å². The van der Waals surface area contributed by atoms with Crippen molar-refractivity contribution in [1.82, 2.24) is 5.32 Å². The normalized spacial score (nSPS) is 14.0. The van der Waals surface area contributed by atoms with Crippen molar-refractivity contribution in [2.24, 2.45) is 0 Å². The van der Waals surface area contributed by atoms with Gasteiger partial charge in [-0.15, -0.1) is 0 Å². The molecule has 0 spiro atoms. The first-order valence-corrected chi connectivity index (χ1v) is 10.4. The highest BCUT2D eigenvalue weighted by Gasteiger charge is 2.28. The summed E-state index contributed by atoms with van der Waals surface area (Å²) < 4.78 is 21.6. The maximum Gasteiger partial charge on any atom is 0.326 e. The zero-order chi connectivity index (χ0) is 25.5. The monoisotopic (exact) mass is 485 g/mol. The van der Waals surface area contributed by atoms with Crippen LogP contribution in [0.2, 0.25) is 0 Å². The van der Waals surface area contributed by atoms with Crippen LogP contribution >= 0.6 is 0 Å². The molecule has 0 bridgehead atoms. The molecule has 3 N–H and O–H groups in total. The van der Waals surface area contributed by atoms with Gasteiger partial charge in [0.1, 0.15) is 29.0 Å². The number of fused-ring (bicyclic) bond motifs is 1. The van der Waals surface area contributed by atoms with Gasteiger partial charge in [0.2, 0.25) is 5.78 Å². The third-order valence-corrected chi connectivity index (χ3v) is 5.01. The molecule has 0 radical (unpaired) electrons. The van der Waals surface area contributed by atoms with E-state index in [-0.39, 0.29) is 29.5 Å². The molecule has 0 aliphatic carbocycles. The van der Waals surface area contributed by atoms with Gasteiger partial charge in [-0.2, -0.15) is 0 Å². The fraction of sp³-hybridized carbons (Fsp3) is 0.250. The van der Waals surface area contributed by atoms with E-state index in [1.54, 1.807) is 18.2 Å². The summed E-state index contributed by atoms with van der Waals surface area (Å²) in [6.45, 7) is -0.521. The summed E-state index contributed by atoms with van der Waals surface area (Å²) in [6, 6.07) is 8.15. The first-order chi connectivity index (χ1) is 16.7. The van der Waals surface area contributed by atoms with Crippen LogP contribution in [0.25, 0.3) is 6.08 Å². The SMILES string of the molecule is COc1ccc(OC)c(C=C2Oc3cc(OCC(=O)N[C@@H](CCC(=O)O)C(=O)O)ccc3C2=O)c1. The lowest BCUT2D eigenvalue weighted by Crippen LogP contribution is -2.43. The van der Waals surface area contributed by atoms with E-state index in [1.165, 1.54) is 38.5 Å². The fourth-order valence-electron chi connectivity index (χ4n) is 3.26. The summed E-state index contributed by atoms with van der Waals surface area (Å²) in [5.41, 5.74) is 0.876. The molecule has 0 fully saturated rings. The van der Waals surface area contributed by atoms with E-state index in [1.807, 2.05) is 0 Å². The lowest BCUT2D eigenvalue weighted by Gasteiger charge is -2.14. The Morgan fingerprint density at radius 3 is 2.46 bits per heavy atom. The minimum absolute atomic E-state index is 0.0594. The highest BCUT2D eigenvalue weighted by atomic mass is 16.5. The van der Waals surface area contributed by atoms with Crippen LogP contribution < -0.4 is 24.3 Å². The summed E-state index contributed by atoms with van der Waals surface area (Å²) in [7, 11) is 3.02. The molecule has 1 atom stereocenters. The largest absolute Gasteiger partial charge is 0.497 e. The molecule has 0 saturated heterocycles. The van der Waals surface area contributed by atoms with Crippen LogP contribution in [0.1, 0.15) is 28.8 Å². The van der Waals surface area contributed by atoms with Crippen molar-refractivity contribution >= 4 is 29.7 Å². The summed E-state index contributed by atoms with van der Waals surface area (Å²) >= 11 is 0. The van der Waals surface area contributed by atoms with Crippen LogP contribution in [-0.4, -0.2) is 60.7 Å². The second-order valence-electron chi connectivity index (χ2n) is 7.39. The summed E-state index contributed by atoms with van der Waals surface area (Å²) in [5, 5.41) is 20.0. The average Bonchev–Trinajstić information content (AvgIpc) is 3.14. The zero-order valence-corrected chi connectivity index (χ0v) is 18.9. The Kier molecular flexibility index (Phi) is 7.92. The number of ketones is 1. The highest BCUT2D eigenvalue weighted by molar-refractivity contribution is 6.14. The first-order valence-electron chi connectivity index (χ1n) is 10.4. The van der Waals surface area contributed by atoms with Crippen LogP contribution in [0.15, 0.2) is 42.2 Å². The van der Waals surface area contributed by atoms with E-state index in [0.717, 1.165) is 0 Å². The maximum absolute atomic E-state index is 12.8. The molecule has 1 aliphatic heterocycles. The number of methoxy groups -OCH3 is 2. The molecule has 11 nitrogen and oxygen atoms in total. The number of carbonyl (C=O) groups is 4. The van der Waals surface area contributed by atoms with Crippen LogP contribution in [0.5, 0.6) is 23.0 Å². The van der Waals surface area contributed by atoms with Crippen molar-refractivity contribution < 1.29 is 48.3 Å². The van der Waals surface area contributed by atoms with Crippen molar-refractivity contribution in [1.29, 1.82) is 0 Å². The third kappa shape index (κ3) is 6.28. The number of amides is 1. The van der Waals surface area contributed by atoms with Gasteiger partial charge in [0.25, 0.3) is 5.91 Å².